The molecule has 5 nitrogen and oxygen atoms in total. The molecule has 122 valence electrons. The lowest BCUT2D eigenvalue weighted by molar-refractivity contribution is -0.137. The normalized spacial score (nSPS) is 16.0. The number of nitrogens with two attached hydrogens (primary N) is 2. The summed E-state index contributed by atoms with van der Waals surface area (Å²) in [5.74, 6) is 0.328. The topological polar surface area (TPSA) is 80.0 Å². The van der Waals surface area contributed by atoms with Gasteiger partial charge in [-0.15, -0.1) is 12.4 Å². The van der Waals surface area contributed by atoms with Crippen LogP contribution in [0.4, 0.5) is 13.2 Å². The summed E-state index contributed by atoms with van der Waals surface area (Å²) in [7, 11) is 0. The molecular weight excluding hydrogens is 319 g/mol. The van der Waals surface area contributed by atoms with Crippen molar-refractivity contribution in [3.05, 3.63) is 35.4 Å². The molecule has 4 N–H and O–H groups in total. The minimum atomic E-state index is -4.34. The van der Waals surface area contributed by atoms with Crippen molar-refractivity contribution in [2.75, 3.05) is 13.1 Å². The van der Waals surface area contributed by atoms with E-state index in [1.165, 1.54) is 12.1 Å². The summed E-state index contributed by atoms with van der Waals surface area (Å²) in [5, 5.41) is 0. The number of halogens is 4. The summed E-state index contributed by atoms with van der Waals surface area (Å²) in [6.07, 6.45) is -3.27. The van der Waals surface area contributed by atoms with Gasteiger partial charge in [-0.3, -0.25) is 0 Å². The Kier molecular flexibility index (Phi) is 6.04. The number of aliphatic imine (C=N–C) groups is 2. The van der Waals surface area contributed by atoms with Crippen LogP contribution in [0.1, 0.15) is 17.5 Å². The number of hydrogen-bond donors (Lipinski definition) is 2. The van der Waals surface area contributed by atoms with Gasteiger partial charge in [-0.1, -0.05) is 12.1 Å². The van der Waals surface area contributed by atoms with Crippen molar-refractivity contribution in [1.82, 2.24) is 4.90 Å². The summed E-state index contributed by atoms with van der Waals surface area (Å²) in [6.45, 7) is 1.85. The van der Waals surface area contributed by atoms with Crippen LogP contribution >= 0.6 is 12.4 Å². The number of hydrogen-bond acceptors (Lipinski definition) is 1. The molecule has 1 saturated heterocycles. The molecule has 1 heterocycles. The highest BCUT2D eigenvalue weighted by atomic mass is 35.5. The molecule has 0 bridgehead atoms. The van der Waals surface area contributed by atoms with E-state index in [1.54, 1.807) is 0 Å². The number of rotatable bonds is 2. The summed E-state index contributed by atoms with van der Waals surface area (Å²) in [4.78, 5) is 9.79. The largest absolute Gasteiger partial charge is 0.416 e. The minimum Gasteiger partial charge on any atom is -0.369 e. The number of nitrogens with zero attached hydrogens (tertiary/aromatic N) is 3. The van der Waals surface area contributed by atoms with Crippen LogP contribution in [-0.4, -0.2) is 29.9 Å². The first-order chi connectivity index (χ1) is 9.86. The second-order valence-corrected chi connectivity index (χ2v) is 4.68. The fourth-order valence-corrected chi connectivity index (χ4v) is 1.74. The first kappa shape index (κ1) is 18.1. The molecule has 1 aromatic carbocycles. The monoisotopic (exact) mass is 335 g/mol. The lowest BCUT2D eigenvalue weighted by Crippen LogP contribution is -2.47. The summed E-state index contributed by atoms with van der Waals surface area (Å²) < 4.78 is 37.2. The second kappa shape index (κ2) is 7.35. The van der Waals surface area contributed by atoms with Gasteiger partial charge in [-0.25, -0.2) is 4.99 Å². The van der Waals surface area contributed by atoms with Gasteiger partial charge in [-0.2, -0.15) is 18.2 Å². The number of benzene rings is 1. The zero-order chi connectivity index (χ0) is 15.5. The van der Waals surface area contributed by atoms with E-state index in [4.69, 9.17) is 11.5 Å². The maximum atomic E-state index is 12.4. The minimum absolute atomic E-state index is 0. The Morgan fingerprint density at radius 2 is 1.73 bits per heavy atom. The van der Waals surface area contributed by atoms with Crippen molar-refractivity contribution in [3.8, 4) is 0 Å². The van der Waals surface area contributed by atoms with Crippen LogP contribution in [-0.2, 0) is 12.7 Å². The molecule has 1 aliphatic heterocycles. The predicted octanol–water partition coefficient (Wildman–Crippen LogP) is 1.96. The third-order valence-electron chi connectivity index (χ3n) is 3.11. The molecule has 1 aliphatic rings. The molecule has 0 radical (unpaired) electrons. The molecule has 0 atom stereocenters. The SMILES string of the molecule is Cl.NC(=NCc1ccc(C(F)(F)F)cc1)N=C(N)N1CCC1. The highest BCUT2D eigenvalue weighted by Gasteiger charge is 2.29. The van der Waals surface area contributed by atoms with E-state index in [9.17, 15) is 13.2 Å². The van der Waals surface area contributed by atoms with Crippen molar-refractivity contribution in [1.29, 1.82) is 0 Å². The first-order valence-corrected chi connectivity index (χ1v) is 6.41. The van der Waals surface area contributed by atoms with E-state index < -0.39 is 11.7 Å². The number of alkyl halides is 3. The van der Waals surface area contributed by atoms with Crippen LogP contribution in [0.25, 0.3) is 0 Å². The Hall–Kier alpha value is -1.96. The molecule has 1 fully saturated rings. The summed E-state index contributed by atoms with van der Waals surface area (Å²) in [6, 6.07) is 4.75. The first-order valence-electron chi connectivity index (χ1n) is 6.41. The van der Waals surface area contributed by atoms with Gasteiger partial charge < -0.3 is 16.4 Å². The molecule has 9 heteroatoms. The third kappa shape index (κ3) is 4.80. The van der Waals surface area contributed by atoms with Crippen LogP contribution in [0.2, 0.25) is 0 Å². The Morgan fingerprint density at radius 1 is 1.14 bits per heavy atom. The van der Waals surface area contributed by atoms with Gasteiger partial charge in [0.1, 0.15) is 0 Å². The van der Waals surface area contributed by atoms with Crippen LogP contribution < -0.4 is 11.5 Å². The Bertz CT molecular complexity index is 550. The predicted molar refractivity (Wildman–Crippen MR) is 81.8 cm³/mol. The fraction of sp³-hybridized carbons (Fsp3) is 0.385. The van der Waals surface area contributed by atoms with Gasteiger partial charge >= 0.3 is 6.18 Å². The van der Waals surface area contributed by atoms with Gasteiger partial charge in [0.15, 0.2) is 5.96 Å². The van der Waals surface area contributed by atoms with Crippen LogP contribution in [0.3, 0.4) is 0 Å². The van der Waals surface area contributed by atoms with Crippen LogP contribution in [0.5, 0.6) is 0 Å². The Labute approximate surface area is 132 Å². The highest BCUT2D eigenvalue weighted by molar-refractivity contribution is 5.93. The van der Waals surface area contributed by atoms with Crippen molar-refractivity contribution < 1.29 is 13.2 Å². The van der Waals surface area contributed by atoms with E-state index in [-0.39, 0.29) is 24.9 Å². The van der Waals surface area contributed by atoms with Crippen LogP contribution in [0, 0.1) is 0 Å². The van der Waals surface area contributed by atoms with Gasteiger partial charge in [-0.05, 0) is 24.1 Å². The zero-order valence-corrected chi connectivity index (χ0v) is 12.5. The van der Waals surface area contributed by atoms with Gasteiger partial charge in [0.2, 0.25) is 5.96 Å². The molecule has 0 aliphatic carbocycles. The standard InChI is InChI=1S/C13H16F3N5.ClH/c14-13(15,16)10-4-2-9(3-5-10)8-19-11(17)20-12(18)21-6-1-7-21;/h2-5H,1,6-8H2,(H4,17,18,19,20);1H. The fourth-order valence-electron chi connectivity index (χ4n) is 1.74. The van der Waals surface area contributed by atoms with E-state index >= 15 is 0 Å². The smallest absolute Gasteiger partial charge is 0.369 e. The van der Waals surface area contributed by atoms with E-state index in [1.807, 2.05) is 4.90 Å². The average Bonchev–Trinajstić information content (AvgIpc) is 2.33. The second-order valence-electron chi connectivity index (χ2n) is 4.68. The van der Waals surface area contributed by atoms with Crippen molar-refractivity contribution in [2.45, 2.75) is 19.1 Å². The molecule has 0 unspecified atom stereocenters. The van der Waals surface area contributed by atoms with E-state index in [0.717, 1.165) is 31.6 Å². The molecule has 0 spiro atoms. The maximum absolute atomic E-state index is 12.4. The summed E-state index contributed by atoms with van der Waals surface area (Å²) in [5.41, 5.74) is 11.2. The van der Waals surface area contributed by atoms with Gasteiger partial charge in [0, 0.05) is 13.1 Å². The van der Waals surface area contributed by atoms with Gasteiger partial charge in [0.25, 0.3) is 0 Å². The van der Waals surface area contributed by atoms with Gasteiger partial charge in [0.05, 0.1) is 12.1 Å². The van der Waals surface area contributed by atoms with E-state index in [0.29, 0.717) is 11.5 Å². The molecular formula is C13H17ClF3N5. The van der Waals surface area contributed by atoms with Crippen molar-refractivity contribution >= 4 is 24.3 Å². The maximum Gasteiger partial charge on any atom is 0.416 e. The molecule has 0 saturated carbocycles. The van der Waals surface area contributed by atoms with E-state index in [2.05, 4.69) is 9.98 Å². The lowest BCUT2D eigenvalue weighted by atomic mass is 10.1. The van der Waals surface area contributed by atoms with Crippen LogP contribution in [0.15, 0.2) is 34.3 Å². The third-order valence-corrected chi connectivity index (χ3v) is 3.11. The summed E-state index contributed by atoms with van der Waals surface area (Å²) >= 11 is 0. The Morgan fingerprint density at radius 3 is 2.18 bits per heavy atom. The number of guanidine groups is 2. The molecule has 0 amide bonds. The van der Waals surface area contributed by atoms with Crippen molar-refractivity contribution in [3.63, 3.8) is 0 Å². The quantitative estimate of drug-likeness (QED) is 0.640. The molecule has 22 heavy (non-hydrogen) atoms. The average molecular weight is 336 g/mol. The number of likely N-dealkylation sites (tertiary alicyclic amines) is 1. The molecule has 2 rings (SSSR count). The molecule has 1 aromatic rings. The van der Waals surface area contributed by atoms with Crippen molar-refractivity contribution in [2.24, 2.45) is 21.5 Å². The molecule has 0 aromatic heterocycles. The highest BCUT2D eigenvalue weighted by Crippen LogP contribution is 2.29. The zero-order valence-electron chi connectivity index (χ0n) is 11.7. The lowest BCUT2D eigenvalue weighted by Gasteiger charge is -2.31. The Balaban J connectivity index is 0.00000242.